The van der Waals surface area contributed by atoms with Gasteiger partial charge in [-0.15, -0.1) is 12.8 Å². The van der Waals surface area contributed by atoms with E-state index >= 15 is 0 Å². The van der Waals surface area contributed by atoms with Gasteiger partial charge in [-0.1, -0.05) is 37.1 Å². The van der Waals surface area contributed by atoms with E-state index in [1.165, 1.54) is 0 Å². The van der Waals surface area contributed by atoms with Gasteiger partial charge in [0.2, 0.25) is 0 Å². The molecule has 0 nitrogen and oxygen atoms in total. The van der Waals surface area contributed by atoms with Crippen molar-refractivity contribution in [1.29, 1.82) is 0 Å². The molecule has 0 radical (unpaired) electrons. The van der Waals surface area contributed by atoms with Crippen LogP contribution in [0.2, 0.25) is 0 Å². The fourth-order valence-electron chi connectivity index (χ4n) is 0. The molecule has 0 amide bonds. The third kappa shape index (κ3) is 364. The molecule has 0 aliphatic rings. The molecule has 0 aliphatic carbocycles. The molecule has 0 aromatic heterocycles. The molecule has 0 heteroatoms. The van der Waals surface area contributed by atoms with Gasteiger partial charge in [0.1, 0.15) is 0 Å². The van der Waals surface area contributed by atoms with Gasteiger partial charge in [0.05, 0.1) is 0 Å². The van der Waals surface area contributed by atoms with Crippen LogP contribution in [0.3, 0.4) is 0 Å². The number of hydrogen-bond donors (Lipinski definition) is 0. The molecule has 0 saturated heterocycles. The maximum absolute atomic E-state index is 4.00. The summed E-state index contributed by atoms with van der Waals surface area (Å²) in [6.07, 6.45) is 8.00. The van der Waals surface area contributed by atoms with Crippen molar-refractivity contribution in [2.24, 2.45) is 0 Å². The zero-order valence-electron chi connectivity index (χ0n) is 1.15. The molecule has 0 spiro atoms. The molecule has 0 N–H and O–H groups in total. The first-order valence-electron chi connectivity index (χ1n) is 0.333. The van der Waals surface area contributed by atoms with Gasteiger partial charge in [-0.2, -0.15) is 0 Å². The van der Waals surface area contributed by atoms with Crippen molar-refractivity contribution in [3.8, 4) is 12.8 Å². The smallest absolute Gasteiger partial charge is 0 e. The summed E-state index contributed by atoms with van der Waals surface area (Å²) in [7, 11) is 0. The van der Waals surface area contributed by atoms with Crippen LogP contribution < -0.4 is 0 Å². The van der Waals surface area contributed by atoms with Crippen LogP contribution in [0.4, 0.5) is 0 Å². The Morgan fingerprint density at radius 3 is 0.571 bits per heavy atom. The number of hydrogen-bond acceptors (Lipinski definition) is 0. The fourth-order valence-corrected chi connectivity index (χ4v) is 0. The van der Waals surface area contributed by atoms with Crippen molar-refractivity contribution < 1.29 is 1.43 Å². The summed E-state index contributed by atoms with van der Waals surface area (Å²) in [5.74, 6) is 0. The molecule has 0 atom stereocenters. The van der Waals surface area contributed by atoms with E-state index in [2.05, 4.69) is 12.8 Å². The highest BCUT2D eigenvalue weighted by molar-refractivity contribution is 4.47. The summed E-state index contributed by atoms with van der Waals surface area (Å²) in [6, 6.07) is 0. The Morgan fingerprint density at radius 2 is 0.571 bits per heavy atom. The van der Waals surface area contributed by atoms with Crippen LogP contribution in [0.25, 0.3) is 0 Å². The van der Waals surface area contributed by atoms with Crippen molar-refractivity contribution in [1.82, 2.24) is 0 Å². The zero-order valence-corrected chi connectivity index (χ0v) is 1.15. The average Bonchev–Trinajstić information content (AvgIpc) is 1.00. The largest absolute Gasteiger partial charge is 0.124 e. The maximum atomic E-state index is 4.00. The van der Waals surface area contributed by atoms with Gasteiger partial charge < -0.3 is 0 Å². The second-order valence-electron chi connectivity index (χ2n) is 0. The molecule has 0 aliphatic heterocycles. The first kappa shape index (κ1) is 647. The molecule has 0 rings (SSSR count). The molecule has 0 saturated carbocycles. The Kier molecular flexibility index (Phi) is 55200. The molecule has 52 valence electrons. The van der Waals surface area contributed by atoms with Gasteiger partial charge >= 0.3 is 0 Å². The average molecular weight is 108 g/mol. The van der Waals surface area contributed by atoms with E-state index in [0.29, 0.717) is 0 Å². The zero-order chi connectivity index (χ0) is 2.00. The molecule has 7 heavy (non-hydrogen) atoms. The summed E-state index contributed by atoms with van der Waals surface area (Å²) in [5, 5.41) is 0. The monoisotopic (exact) mass is 108 g/mol. The topological polar surface area (TPSA) is 0 Å². The first-order valence-corrected chi connectivity index (χ1v) is 0.333. The highest BCUT2D eigenvalue weighted by Gasteiger charge is 0.454. The molecule has 0 bridgehead atoms. The van der Waals surface area contributed by atoms with Gasteiger partial charge in [0.15, 0.2) is 0 Å². The third-order valence-corrected chi connectivity index (χ3v) is 0. The predicted molar refractivity (Wildman–Crippen MR) is 45.7 cm³/mol. The van der Waals surface area contributed by atoms with Gasteiger partial charge in [0, 0.05) is 1.43 Å². The summed E-state index contributed by atoms with van der Waals surface area (Å²) < 4.78 is 0. The SMILES string of the molecule is C.C.C.C.C.C#C.[HH]. The van der Waals surface area contributed by atoms with E-state index in [1.807, 2.05) is 0 Å². The van der Waals surface area contributed by atoms with Crippen LogP contribution >= 0.6 is 0 Å². The van der Waals surface area contributed by atoms with Crippen LogP contribution in [-0.2, 0) is 0 Å². The highest BCUT2D eigenvalue weighted by Crippen LogP contribution is 0.579. The van der Waals surface area contributed by atoms with E-state index in [1.54, 1.807) is 0 Å². The lowest BCUT2D eigenvalue weighted by atomic mass is 11.4. The minimum atomic E-state index is 0. The molecule has 0 aromatic rings. The van der Waals surface area contributed by atoms with Crippen LogP contribution in [0.15, 0.2) is 0 Å². The number of terminal acetylenes is 1. The molecule has 0 aromatic carbocycles. The highest BCUT2D eigenvalue weighted by atomic mass is 12.6. The van der Waals surface area contributed by atoms with Gasteiger partial charge in [-0.05, 0) is 0 Å². The molecular formula is C7H24. The van der Waals surface area contributed by atoms with Crippen molar-refractivity contribution >= 4 is 0 Å². The van der Waals surface area contributed by atoms with Crippen LogP contribution in [0.5, 0.6) is 0 Å². The maximum Gasteiger partial charge on any atom is 0 e. The second kappa shape index (κ2) is 597. The molecule has 0 heterocycles. The molecule has 0 unspecified atom stereocenters. The number of rotatable bonds is 0. The Bertz CT molecular complexity index is 9.10. The summed E-state index contributed by atoms with van der Waals surface area (Å²) >= 11 is 0. The van der Waals surface area contributed by atoms with Crippen molar-refractivity contribution in [3.63, 3.8) is 0 Å². The minimum absolute atomic E-state index is 0. The van der Waals surface area contributed by atoms with Crippen molar-refractivity contribution in [2.45, 2.75) is 37.1 Å². The summed E-state index contributed by atoms with van der Waals surface area (Å²) in [6.45, 7) is 0. The summed E-state index contributed by atoms with van der Waals surface area (Å²) in [4.78, 5) is 0. The lowest BCUT2D eigenvalue weighted by molar-refractivity contribution is 2.50. The first-order chi connectivity index (χ1) is 1.00. The van der Waals surface area contributed by atoms with Crippen molar-refractivity contribution in [2.75, 3.05) is 0 Å². The predicted octanol–water partition coefficient (Wildman–Crippen LogP) is 3.68. The Labute approximate surface area is 52.4 Å². The Balaban J connectivity index is -0.000000000333. The van der Waals surface area contributed by atoms with E-state index in [0.717, 1.165) is 0 Å². The third-order valence-electron chi connectivity index (χ3n) is 0. The van der Waals surface area contributed by atoms with E-state index in [-0.39, 0.29) is 38.6 Å². The van der Waals surface area contributed by atoms with E-state index < -0.39 is 0 Å². The molecule has 0 fully saturated rings. The fraction of sp³-hybridized carbons (Fsp3) is 0.714. The lowest BCUT2D eigenvalue weighted by Crippen LogP contribution is -0.576. The van der Waals surface area contributed by atoms with Gasteiger partial charge in [-0.25, -0.2) is 0 Å². The minimum Gasteiger partial charge on any atom is -0.124 e. The summed E-state index contributed by atoms with van der Waals surface area (Å²) in [5.41, 5.74) is 0. The lowest BCUT2D eigenvalue weighted by Gasteiger charge is -0.701. The van der Waals surface area contributed by atoms with E-state index in [4.69, 9.17) is 0 Å². The van der Waals surface area contributed by atoms with Crippen molar-refractivity contribution in [3.05, 3.63) is 0 Å². The van der Waals surface area contributed by atoms with Gasteiger partial charge in [-0.3, -0.25) is 0 Å². The van der Waals surface area contributed by atoms with Crippen LogP contribution in [0.1, 0.15) is 38.6 Å². The van der Waals surface area contributed by atoms with Gasteiger partial charge in [0.25, 0.3) is 0 Å². The Hall–Kier alpha value is -0.440. The van der Waals surface area contributed by atoms with Crippen LogP contribution in [-0.4, -0.2) is 0 Å². The van der Waals surface area contributed by atoms with E-state index in [9.17, 15) is 0 Å². The quantitative estimate of drug-likeness (QED) is 0.415. The molecular weight excluding hydrogens is 84.1 g/mol. The Morgan fingerprint density at radius 1 is 0.571 bits per heavy atom. The second-order valence-corrected chi connectivity index (χ2v) is 0. The normalized spacial score (nSPS) is 0.286. The van der Waals surface area contributed by atoms with Crippen LogP contribution in [0, 0.1) is 12.8 Å². The standard InChI is InChI=1S/C2H2.5CH4.H2/c1-2;;;;;;/h1-2H;5*1H4;1H.